The predicted molar refractivity (Wildman–Crippen MR) is 131 cm³/mol. The second kappa shape index (κ2) is 10.2. The molecule has 4 rings (SSSR count). The van der Waals surface area contributed by atoms with E-state index in [0.717, 1.165) is 10.8 Å². The summed E-state index contributed by atoms with van der Waals surface area (Å²) in [6.07, 6.45) is 1.99. The number of fused-ring (bicyclic) bond motifs is 1. The number of rotatable bonds is 8. The number of methoxy groups -OCH3 is 4. The van der Waals surface area contributed by atoms with E-state index in [1.165, 1.54) is 14.2 Å². The van der Waals surface area contributed by atoms with E-state index in [9.17, 15) is 14.7 Å². The first-order valence-corrected chi connectivity index (χ1v) is 10.6. The van der Waals surface area contributed by atoms with Crippen LogP contribution in [0.15, 0.2) is 56.3 Å². The van der Waals surface area contributed by atoms with Gasteiger partial charge < -0.3 is 24.1 Å². The summed E-state index contributed by atoms with van der Waals surface area (Å²) in [6.45, 7) is 0. The molecule has 186 valence electrons. The molecule has 0 bridgehead atoms. The van der Waals surface area contributed by atoms with Crippen molar-refractivity contribution in [3.8, 4) is 28.9 Å². The highest BCUT2D eigenvalue weighted by atomic mass is 16.5. The quantitative estimate of drug-likeness (QED) is 0.315. The van der Waals surface area contributed by atoms with Crippen molar-refractivity contribution >= 4 is 22.1 Å². The molecule has 0 aliphatic heterocycles. The summed E-state index contributed by atoms with van der Waals surface area (Å²) < 4.78 is 21.7. The van der Waals surface area contributed by atoms with Crippen molar-refractivity contribution in [3.63, 3.8) is 0 Å². The van der Waals surface area contributed by atoms with E-state index < -0.39 is 22.8 Å². The minimum absolute atomic E-state index is 0.301. The monoisotopic (exact) mass is 493 g/mol. The third kappa shape index (κ3) is 4.69. The van der Waals surface area contributed by atoms with Gasteiger partial charge in [0.05, 0.1) is 39.8 Å². The standard InChI is InChI=1S/C24H23N5O7/c1-33-17-8-12-5-6-25-16(14(12)10-19(17)35-3)7-13-9-18(34-2)20(36-4)11-15(13)28-29-21-22(30)26-24(32)27-23(21)31/h5-6,8-11H,7H2,1-4H3,(H3,26,27,30,31,32). The number of nitrogens with zero attached hydrogens (tertiary/aromatic N) is 3. The first kappa shape index (κ1) is 24.3. The highest BCUT2D eigenvalue weighted by molar-refractivity contribution is 5.88. The molecule has 12 nitrogen and oxygen atoms in total. The van der Waals surface area contributed by atoms with Crippen LogP contribution in [0.3, 0.4) is 0 Å². The maximum atomic E-state index is 12.1. The molecular weight excluding hydrogens is 470 g/mol. The number of hydrogen-bond acceptors (Lipinski definition) is 10. The van der Waals surface area contributed by atoms with Crippen LogP contribution in [0.2, 0.25) is 0 Å². The van der Waals surface area contributed by atoms with Crippen LogP contribution in [-0.4, -0.2) is 48.5 Å². The average molecular weight is 493 g/mol. The van der Waals surface area contributed by atoms with Crippen LogP contribution in [0.1, 0.15) is 11.3 Å². The lowest BCUT2D eigenvalue weighted by molar-refractivity contribution is 0.354. The van der Waals surface area contributed by atoms with Crippen molar-refractivity contribution in [1.82, 2.24) is 15.0 Å². The molecular formula is C24H23N5O7. The van der Waals surface area contributed by atoms with Crippen LogP contribution >= 0.6 is 0 Å². The smallest absolute Gasteiger partial charge is 0.328 e. The van der Waals surface area contributed by atoms with Crippen LogP contribution in [-0.2, 0) is 6.42 Å². The summed E-state index contributed by atoms with van der Waals surface area (Å²) in [7, 11) is 6.11. The number of nitrogens with one attached hydrogen (secondary N) is 2. The molecule has 0 saturated carbocycles. The molecule has 0 radical (unpaired) electrons. The van der Waals surface area contributed by atoms with Gasteiger partial charge >= 0.3 is 5.69 Å². The number of hydrogen-bond donors (Lipinski definition) is 3. The Morgan fingerprint density at radius 3 is 2.17 bits per heavy atom. The molecule has 0 atom stereocenters. The number of pyridine rings is 1. The van der Waals surface area contributed by atoms with Crippen molar-refractivity contribution in [2.75, 3.05) is 28.4 Å². The second-order valence-electron chi connectivity index (χ2n) is 7.50. The average Bonchev–Trinajstić information content (AvgIpc) is 2.87. The lowest BCUT2D eigenvalue weighted by Gasteiger charge is -2.14. The number of ether oxygens (including phenoxy) is 4. The Kier molecular flexibility index (Phi) is 6.86. The number of azo groups is 1. The van der Waals surface area contributed by atoms with E-state index in [1.54, 1.807) is 32.5 Å². The fourth-order valence-electron chi connectivity index (χ4n) is 3.69. The molecule has 2 heterocycles. The van der Waals surface area contributed by atoms with Crippen LogP contribution in [0, 0.1) is 0 Å². The number of benzene rings is 2. The van der Waals surface area contributed by atoms with Crippen LogP contribution in [0.25, 0.3) is 10.8 Å². The first-order valence-electron chi connectivity index (χ1n) is 10.6. The van der Waals surface area contributed by atoms with Crippen molar-refractivity contribution in [1.29, 1.82) is 0 Å². The lowest BCUT2D eigenvalue weighted by atomic mass is 10.0. The highest BCUT2D eigenvalue weighted by Gasteiger charge is 2.16. The number of aromatic hydroxyl groups is 1. The summed E-state index contributed by atoms with van der Waals surface area (Å²) in [5.41, 5.74) is -0.517. The minimum Gasteiger partial charge on any atom is -0.493 e. The molecule has 4 aromatic rings. The minimum atomic E-state index is -0.890. The summed E-state index contributed by atoms with van der Waals surface area (Å²) in [6, 6.07) is 8.88. The predicted octanol–water partition coefficient (Wildman–Crippen LogP) is 3.36. The third-order valence-corrected chi connectivity index (χ3v) is 5.45. The molecule has 0 spiro atoms. The Morgan fingerprint density at radius 2 is 1.50 bits per heavy atom. The van der Waals surface area contributed by atoms with E-state index in [4.69, 9.17) is 18.9 Å². The maximum absolute atomic E-state index is 12.1. The number of aromatic nitrogens is 3. The Morgan fingerprint density at radius 1 is 0.861 bits per heavy atom. The van der Waals surface area contributed by atoms with Gasteiger partial charge in [0, 0.05) is 24.1 Å². The Labute approximate surface area is 204 Å². The molecule has 0 aliphatic rings. The van der Waals surface area contributed by atoms with Gasteiger partial charge in [0.25, 0.3) is 5.56 Å². The Bertz CT molecular complexity index is 1580. The van der Waals surface area contributed by atoms with Crippen LogP contribution in [0.4, 0.5) is 11.4 Å². The van der Waals surface area contributed by atoms with Gasteiger partial charge in [0.15, 0.2) is 23.0 Å². The van der Waals surface area contributed by atoms with Crippen LogP contribution in [0.5, 0.6) is 28.9 Å². The van der Waals surface area contributed by atoms with E-state index in [1.807, 2.05) is 23.2 Å². The third-order valence-electron chi connectivity index (χ3n) is 5.45. The van der Waals surface area contributed by atoms with Crippen molar-refractivity contribution in [2.45, 2.75) is 6.42 Å². The van der Waals surface area contributed by atoms with E-state index in [2.05, 4.69) is 20.2 Å². The molecule has 0 unspecified atom stereocenters. The van der Waals surface area contributed by atoms with Crippen molar-refractivity contribution < 1.29 is 24.1 Å². The van der Waals surface area contributed by atoms with Gasteiger partial charge in [-0.2, -0.15) is 0 Å². The molecule has 12 heteroatoms. The number of aromatic amines is 2. The zero-order valence-corrected chi connectivity index (χ0v) is 19.9. The Hall–Kier alpha value is -4.87. The summed E-state index contributed by atoms with van der Waals surface area (Å²) >= 11 is 0. The zero-order valence-electron chi connectivity index (χ0n) is 19.9. The number of H-pyrrole nitrogens is 2. The van der Waals surface area contributed by atoms with Gasteiger partial charge in [0.1, 0.15) is 0 Å². The van der Waals surface area contributed by atoms with Gasteiger partial charge in [-0.25, -0.2) is 4.79 Å². The summed E-state index contributed by atoms with van der Waals surface area (Å²) in [4.78, 5) is 32.0. The van der Waals surface area contributed by atoms with Gasteiger partial charge in [-0.3, -0.25) is 19.7 Å². The molecule has 0 amide bonds. The first-order chi connectivity index (χ1) is 17.4. The molecule has 36 heavy (non-hydrogen) atoms. The van der Waals surface area contributed by atoms with Crippen LogP contribution < -0.4 is 30.2 Å². The largest absolute Gasteiger partial charge is 0.493 e. The van der Waals surface area contributed by atoms with Crippen molar-refractivity contribution in [2.24, 2.45) is 10.2 Å². The summed E-state index contributed by atoms with van der Waals surface area (Å²) in [5, 5.41) is 19.7. The van der Waals surface area contributed by atoms with Crippen molar-refractivity contribution in [3.05, 3.63) is 68.6 Å². The van der Waals surface area contributed by atoms with Gasteiger partial charge in [-0.1, -0.05) is 0 Å². The van der Waals surface area contributed by atoms with E-state index >= 15 is 0 Å². The fraction of sp³-hybridized carbons (Fsp3) is 0.208. The van der Waals surface area contributed by atoms with E-state index in [0.29, 0.717) is 46.4 Å². The normalized spacial score (nSPS) is 11.1. The molecule has 3 N–H and O–H groups in total. The molecule has 0 saturated heterocycles. The maximum Gasteiger partial charge on any atom is 0.328 e. The second-order valence-corrected chi connectivity index (χ2v) is 7.50. The highest BCUT2D eigenvalue weighted by Crippen LogP contribution is 2.38. The van der Waals surface area contributed by atoms with Gasteiger partial charge in [0.2, 0.25) is 11.6 Å². The molecule has 2 aromatic carbocycles. The SMILES string of the molecule is COc1cc(Cc2nccc3cc(OC)c(OC)cc23)c(N=Nc2c(O)[nH]c(=O)[nH]c2=O)cc1OC. The van der Waals surface area contributed by atoms with Gasteiger partial charge in [-0.15, -0.1) is 10.2 Å². The van der Waals surface area contributed by atoms with Gasteiger partial charge in [-0.05, 0) is 35.2 Å². The topological polar surface area (TPSA) is 160 Å². The van der Waals surface area contributed by atoms with E-state index in [-0.39, 0.29) is 0 Å². The zero-order chi connectivity index (χ0) is 25.8. The molecule has 0 aliphatic carbocycles. The summed E-state index contributed by atoms with van der Waals surface area (Å²) in [5.74, 6) is 1.28. The molecule has 2 aromatic heterocycles. The lowest BCUT2D eigenvalue weighted by Crippen LogP contribution is -2.20. The molecule has 0 fully saturated rings. The Balaban J connectivity index is 1.85. The fourth-order valence-corrected chi connectivity index (χ4v) is 3.69.